The Balaban J connectivity index is 2.37. The second-order valence-electron chi connectivity index (χ2n) is 4.53. The van der Waals surface area contributed by atoms with Crippen molar-refractivity contribution in [1.82, 2.24) is 5.32 Å². The molecule has 0 saturated heterocycles. The van der Waals surface area contributed by atoms with E-state index in [0.29, 0.717) is 6.42 Å². The van der Waals surface area contributed by atoms with Gasteiger partial charge in [0, 0.05) is 5.92 Å². The topological polar surface area (TPSA) is 66.4 Å². The number of hydrogen-bond acceptors (Lipinski definition) is 2. The van der Waals surface area contributed by atoms with Crippen LogP contribution in [0.15, 0.2) is 12.2 Å². The highest BCUT2D eigenvalue weighted by Gasteiger charge is 2.25. The third-order valence-electron chi connectivity index (χ3n) is 3.09. The summed E-state index contributed by atoms with van der Waals surface area (Å²) in [7, 11) is 0. The highest BCUT2D eigenvalue weighted by atomic mass is 16.4. The van der Waals surface area contributed by atoms with Crippen LogP contribution in [0.25, 0.3) is 0 Å². The van der Waals surface area contributed by atoms with E-state index in [1.165, 1.54) is 0 Å². The summed E-state index contributed by atoms with van der Waals surface area (Å²) in [5.41, 5.74) is 0. The minimum absolute atomic E-state index is 0.0666. The number of carbonyl (C=O) groups excluding carboxylic acids is 1. The van der Waals surface area contributed by atoms with Gasteiger partial charge in [0.15, 0.2) is 0 Å². The maximum Gasteiger partial charge on any atom is 0.326 e. The Hall–Kier alpha value is -1.32. The fraction of sp³-hybridized carbons (Fsp3) is 0.692. The van der Waals surface area contributed by atoms with Crippen LogP contribution in [0.1, 0.15) is 45.4 Å². The summed E-state index contributed by atoms with van der Waals surface area (Å²) < 4.78 is 0. The Morgan fingerprint density at radius 2 is 2.00 bits per heavy atom. The van der Waals surface area contributed by atoms with Crippen molar-refractivity contribution in [2.75, 3.05) is 0 Å². The Morgan fingerprint density at radius 3 is 2.53 bits per heavy atom. The van der Waals surface area contributed by atoms with E-state index < -0.39 is 12.0 Å². The van der Waals surface area contributed by atoms with Crippen LogP contribution >= 0.6 is 0 Å². The van der Waals surface area contributed by atoms with Gasteiger partial charge >= 0.3 is 5.97 Å². The van der Waals surface area contributed by atoms with Gasteiger partial charge in [-0.1, -0.05) is 38.3 Å². The van der Waals surface area contributed by atoms with E-state index in [-0.39, 0.29) is 11.8 Å². The van der Waals surface area contributed by atoms with E-state index in [1.54, 1.807) is 0 Å². The van der Waals surface area contributed by atoms with Gasteiger partial charge in [0.05, 0.1) is 0 Å². The molecule has 0 saturated carbocycles. The van der Waals surface area contributed by atoms with Crippen LogP contribution in [-0.2, 0) is 9.59 Å². The molecule has 0 radical (unpaired) electrons. The molecule has 0 heterocycles. The molecular weight excluding hydrogens is 218 g/mol. The lowest BCUT2D eigenvalue weighted by Gasteiger charge is -2.17. The van der Waals surface area contributed by atoms with Crippen molar-refractivity contribution in [2.45, 2.75) is 51.5 Å². The average molecular weight is 239 g/mol. The van der Waals surface area contributed by atoms with Gasteiger partial charge in [0.1, 0.15) is 6.04 Å². The third-order valence-corrected chi connectivity index (χ3v) is 3.09. The number of allylic oxidation sites excluding steroid dienone is 2. The second-order valence-corrected chi connectivity index (χ2v) is 4.53. The van der Waals surface area contributed by atoms with Gasteiger partial charge in [0.2, 0.25) is 5.91 Å². The van der Waals surface area contributed by atoms with Gasteiger partial charge in [-0.25, -0.2) is 4.79 Å². The first-order valence-electron chi connectivity index (χ1n) is 6.33. The van der Waals surface area contributed by atoms with Crippen LogP contribution < -0.4 is 5.32 Å². The minimum Gasteiger partial charge on any atom is -0.480 e. The molecule has 96 valence electrons. The molecule has 1 aliphatic carbocycles. The maximum absolute atomic E-state index is 11.8. The molecule has 0 spiro atoms. The van der Waals surface area contributed by atoms with Crippen LogP contribution in [0.2, 0.25) is 0 Å². The smallest absolute Gasteiger partial charge is 0.326 e. The zero-order valence-corrected chi connectivity index (χ0v) is 10.3. The molecule has 1 amide bonds. The van der Waals surface area contributed by atoms with E-state index >= 15 is 0 Å². The summed E-state index contributed by atoms with van der Waals surface area (Å²) in [6, 6.07) is -0.727. The molecule has 1 unspecified atom stereocenters. The quantitative estimate of drug-likeness (QED) is 0.528. The molecule has 0 bridgehead atoms. The van der Waals surface area contributed by atoms with Crippen molar-refractivity contribution in [2.24, 2.45) is 5.92 Å². The van der Waals surface area contributed by atoms with Gasteiger partial charge in [-0.05, 0) is 19.3 Å². The maximum atomic E-state index is 11.8. The van der Waals surface area contributed by atoms with Crippen LogP contribution in [-0.4, -0.2) is 23.0 Å². The Labute approximate surface area is 102 Å². The van der Waals surface area contributed by atoms with Crippen molar-refractivity contribution < 1.29 is 14.7 Å². The van der Waals surface area contributed by atoms with Crippen molar-refractivity contribution >= 4 is 11.9 Å². The van der Waals surface area contributed by atoms with Crippen molar-refractivity contribution in [3.8, 4) is 0 Å². The normalized spacial score (nSPS) is 17.0. The van der Waals surface area contributed by atoms with Crippen molar-refractivity contribution in [3.63, 3.8) is 0 Å². The van der Waals surface area contributed by atoms with E-state index in [4.69, 9.17) is 5.11 Å². The number of hydrogen-bond donors (Lipinski definition) is 2. The molecule has 0 aliphatic heterocycles. The molecule has 4 nitrogen and oxygen atoms in total. The average Bonchev–Trinajstić information content (AvgIpc) is 2.81. The molecule has 0 aromatic carbocycles. The predicted octanol–water partition coefficient (Wildman–Crippen LogP) is 2.10. The number of unbranched alkanes of at least 4 members (excludes halogenated alkanes) is 2. The van der Waals surface area contributed by atoms with Gasteiger partial charge in [-0.3, -0.25) is 4.79 Å². The molecule has 2 N–H and O–H groups in total. The lowest BCUT2D eigenvalue weighted by Crippen LogP contribution is -2.43. The largest absolute Gasteiger partial charge is 0.480 e. The van der Waals surface area contributed by atoms with E-state index in [2.05, 4.69) is 12.2 Å². The fourth-order valence-electron chi connectivity index (χ4n) is 1.98. The molecule has 17 heavy (non-hydrogen) atoms. The van der Waals surface area contributed by atoms with Gasteiger partial charge in [-0.2, -0.15) is 0 Å². The zero-order chi connectivity index (χ0) is 12.7. The van der Waals surface area contributed by atoms with E-state index in [9.17, 15) is 9.59 Å². The fourth-order valence-corrected chi connectivity index (χ4v) is 1.98. The number of nitrogens with one attached hydrogen (secondary N) is 1. The minimum atomic E-state index is -0.930. The number of rotatable bonds is 7. The molecule has 0 aromatic rings. The number of amides is 1. The molecule has 0 aromatic heterocycles. The van der Waals surface area contributed by atoms with E-state index in [1.807, 2.05) is 12.2 Å². The zero-order valence-electron chi connectivity index (χ0n) is 10.3. The molecule has 4 heteroatoms. The van der Waals surface area contributed by atoms with Crippen LogP contribution in [0.4, 0.5) is 0 Å². The van der Waals surface area contributed by atoms with Crippen LogP contribution in [0.3, 0.4) is 0 Å². The van der Waals surface area contributed by atoms with E-state index in [0.717, 1.165) is 32.1 Å². The Bertz CT molecular complexity index is 291. The molecular formula is C13H21NO3. The van der Waals surface area contributed by atoms with Crippen LogP contribution in [0.5, 0.6) is 0 Å². The van der Waals surface area contributed by atoms with Crippen LogP contribution in [0, 0.1) is 5.92 Å². The highest BCUT2D eigenvalue weighted by molar-refractivity contribution is 5.85. The third kappa shape index (κ3) is 4.59. The first-order valence-corrected chi connectivity index (χ1v) is 6.33. The summed E-state index contributed by atoms with van der Waals surface area (Å²) in [5, 5.41) is 11.7. The number of aliphatic carboxylic acids is 1. The summed E-state index contributed by atoms with van der Waals surface area (Å²) in [6.07, 6.45) is 8.82. The van der Waals surface area contributed by atoms with Crippen molar-refractivity contribution in [1.29, 1.82) is 0 Å². The summed E-state index contributed by atoms with van der Waals surface area (Å²) >= 11 is 0. The Morgan fingerprint density at radius 1 is 1.35 bits per heavy atom. The first kappa shape index (κ1) is 13.7. The highest BCUT2D eigenvalue weighted by Crippen LogP contribution is 2.18. The molecule has 1 aliphatic rings. The number of carboxylic acids is 1. The predicted molar refractivity (Wildman–Crippen MR) is 65.6 cm³/mol. The monoisotopic (exact) mass is 239 g/mol. The van der Waals surface area contributed by atoms with Crippen molar-refractivity contribution in [3.05, 3.63) is 12.2 Å². The number of carboxylic acid groups (broad SMARTS) is 1. The van der Waals surface area contributed by atoms with Gasteiger partial charge < -0.3 is 10.4 Å². The Kier molecular flexibility index (Phi) is 5.73. The summed E-state index contributed by atoms with van der Waals surface area (Å²) in [4.78, 5) is 22.8. The number of carbonyl (C=O) groups is 2. The molecule has 1 rings (SSSR count). The molecule has 0 fully saturated rings. The van der Waals surface area contributed by atoms with Gasteiger partial charge in [-0.15, -0.1) is 0 Å². The lowest BCUT2D eigenvalue weighted by molar-refractivity contribution is -0.142. The standard InChI is InChI=1S/C13H21NO3/c1-2-3-4-9-11(13(16)17)14-12(15)10-7-5-6-8-10/h5-6,10-11H,2-4,7-9H2,1H3,(H,14,15)(H,16,17). The SMILES string of the molecule is CCCCCC(NC(=O)C1CC=CC1)C(=O)O. The first-order chi connectivity index (χ1) is 8.15. The lowest BCUT2D eigenvalue weighted by atomic mass is 10.0. The second kappa shape index (κ2) is 7.09. The summed E-state index contributed by atoms with van der Waals surface area (Å²) in [5.74, 6) is -1.12. The summed E-state index contributed by atoms with van der Waals surface area (Å²) in [6.45, 7) is 2.07. The molecule has 1 atom stereocenters. The van der Waals surface area contributed by atoms with Gasteiger partial charge in [0.25, 0.3) is 0 Å².